The highest BCUT2D eigenvalue weighted by atomic mass is 15.2. The summed E-state index contributed by atoms with van der Waals surface area (Å²) in [6.45, 7) is 0. The van der Waals surface area contributed by atoms with Crippen molar-refractivity contribution in [2.45, 2.75) is 0 Å². The Balaban J connectivity index is 1.08. The van der Waals surface area contributed by atoms with Gasteiger partial charge in [-0.15, -0.1) is 0 Å². The maximum atomic E-state index is 5.22. The first kappa shape index (κ1) is 29.3. The number of para-hydroxylation sites is 2. The second kappa shape index (κ2) is 11.1. The van der Waals surface area contributed by atoms with Gasteiger partial charge < -0.3 is 4.40 Å². The summed E-state index contributed by atoms with van der Waals surface area (Å²) in [5, 5.41) is 10.1. The number of nitrogens with zero attached hydrogens (tertiary/aromatic N) is 4. The molecule has 0 bridgehead atoms. The first-order valence-electron chi connectivity index (χ1n) is 18.4. The van der Waals surface area contributed by atoms with E-state index in [0.717, 1.165) is 33.5 Å². The van der Waals surface area contributed by atoms with Crippen LogP contribution in [0.15, 0.2) is 182 Å². The lowest BCUT2D eigenvalue weighted by Gasteiger charge is -2.12. The average molecular weight is 687 g/mol. The predicted octanol–water partition coefficient (Wildman–Crippen LogP) is 12.9. The van der Waals surface area contributed by atoms with Crippen molar-refractivity contribution in [1.82, 2.24) is 18.9 Å². The summed E-state index contributed by atoms with van der Waals surface area (Å²) < 4.78 is 4.70. The maximum Gasteiger partial charge on any atom is 0.235 e. The van der Waals surface area contributed by atoms with Crippen molar-refractivity contribution in [2.75, 3.05) is 0 Å². The highest BCUT2D eigenvalue weighted by Gasteiger charge is 2.20. The van der Waals surface area contributed by atoms with E-state index in [-0.39, 0.29) is 0 Å². The van der Waals surface area contributed by atoms with E-state index in [0.29, 0.717) is 5.95 Å². The first-order valence-corrected chi connectivity index (χ1v) is 18.4. The molecule has 4 heterocycles. The van der Waals surface area contributed by atoms with E-state index in [9.17, 15) is 0 Å². The van der Waals surface area contributed by atoms with Gasteiger partial charge in [0.2, 0.25) is 5.95 Å². The lowest BCUT2D eigenvalue weighted by Crippen LogP contribution is -2.03. The fourth-order valence-corrected chi connectivity index (χ4v) is 8.84. The molecule has 4 aromatic heterocycles. The largest absolute Gasteiger partial charge is 0.308 e. The highest BCUT2D eigenvalue weighted by molar-refractivity contribution is 6.28. The van der Waals surface area contributed by atoms with Crippen molar-refractivity contribution in [1.29, 1.82) is 0 Å². The van der Waals surface area contributed by atoms with Gasteiger partial charge in [0.15, 0.2) is 0 Å². The summed E-state index contributed by atoms with van der Waals surface area (Å²) in [6.07, 6.45) is 0. The molecule has 0 aliphatic carbocycles. The van der Waals surface area contributed by atoms with Crippen molar-refractivity contribution in [3.8, 4) is 39.6 Å². The van der Waals surface area contributed by atoms with Crippen LogP contribution in [0.2, 0.25) is 0 Å². The third kappa shape index (κ3) is 4.13. The Morgan fingerprint density at radius 1 is 0.333 bits per heavy atom. The molecule has 0 aliphatic rings. The molecule has 0 N–H and O–H groups in total. The third-order valence-corrected chi connectivity index (χ3v) is 11.3. The number of aromatic nitrogens is 4. The van der Waals surface area contributed by atoms with E-state index in [1.165, 1.54) is 70.8 Å². The number of fused-ring (bicyclic) bond motifs is 9. The molecule has 0 fully saturated rings. The quantitative estimate of drug-likeness (QED) is 0.136. The zero-order valence-corrected chi connectivity index (χ0v) is 29.1. The van der Waals surface area contributed by atoms with Crippen LogP contribution in [0.25, 0.3) is 110 Å². The minimum atomic E-state index is 0.654. The average Bonchev–Trinajstić information content (AvgIpc) is 3.76. The molecule has 0 unspecified atom stereocenters. The Morgan fingerprint density at radius 3 is 1.57 bits per heavy atom. The van der Waals surface area contributed by atoms with Crippen LogP contribution in [-0.4, -0.2) is 18.9 Å². The Hall–Kier alpha value is -7.30. The molecule has 54 heavy (non-hydrogen) atoms. The van der Waals surface area contributed by atoms with Crippen molar-refractivity contribution >= 4 is 70.7 Å². The zero-order chi connectivity index (χ0) is 35.3. The van der Waals surface area contributed by atoms with Crippen LogP contribution < -0.4 is 0 Å². The molecule has 0 amide bonds. The molecule has 0 atom stereocenters. The third-order valence-electron chi connectivity index (χ3n) is 11.3. The summed E-state index contributed by atoms with van der Waals surface area (Å²) in [5.74, 6) is 0.654. The van der Waals surface area contributed by atoms with Gasteiger partial charge in [-0.3, -0.25) is 4.57 Å². The predicted molar refractivity (Wildman–Crippen MR) is 225 cm³/mol. The van der Waals surface area contributed by atoms with Gasteiger partial charge in [0.25, 0.3) is 0 Å². The summed E-state index contributed by atoms with van der Waals surface area (Å²) in [4.78, 5) is 10.4. The number of hydrogen-bond acceptors (Lipinski definition) is 2. The second-order valence-electron chi connectivity index (χ2n) is 14.2. The molecule has 8 aromatic carbocycles. The second-order valence-corrected chi connectivity index (χ2v) is 14.2. The van der Waals surface area contributed by atoms with Crippen molar-refractivity contribution < 1.29 is 0 Å². The van der Waals surface area contributed by atoms with E-state index in [4.69, 9.17) is 9.97 Å². The normalized spacial score (nSPS) is 12.1. The maximum absolute atomic E-state index is 5.22. The lowest BCUT2D eigenvalue weighted by atomic mass is 9.98. The molecule has 0 saturated heterocycles. The minimum absolute atomic E-state index is 0.654. The fraction of sp³-hybridized carbons (Fsp3) is 0. The van der Waals surface area contributed by atoms with E-state index in [2.05, 4.69) is 179 Å². The Kier molecular flexibility index (Phi) is 6.02. The summed E-state index contributed by atoms with van der Waals surface area (Å²) in [5.41, 5.74) is 12.2. The first-order chi connectivity index (χ1) is 26.8. The fourth-order valence-electron chi connectivity index (χ4n) is 8.84. The molecule has 0 spiro atoms. The molecule has 12 rings (SSSR count). The van der Waals surface area contributed by atoms with Crippen LogP contribution in [0.4, 0.5) is 0 Å². The Morgan fingerprint density at radius 2 is 0.870 bits per heavy atom. The van der Waals surface area contributed by atoms with Gasteiger partial charge in [0, 0.05) is 43.4 Å². The standard InChI is InChI=1S/C50H30N4/c1-3-12-31(13-4-1)42-30-43(32-14-5-2-6-15-32)52-50(51-42)54-45-21-10-8-18-37(45)40-28-34(24-27-47(40)54)35-23-26-46-41(29-35)39-25-22-33-16-11-19-38-36-17-7-9-20-44(36)53(46)49(39)48(33)38/h1-30H. The van der Waals surface area contributed by atoms with Crippen LogP contribution in [0.3, 0.4) is 0 Å². The molecule has 0 radical (unpaired) electrons. The highest BCUT2D eigenvalue weighted by Crippen LogP contribution is 2.43. The number of rotatable bonds is 4. The lowest BCUT2D eigenvalue weighted by molar-refractivity contribution is 0.995. The number of hydrogen-bond donors (Lipinski definition) is 0. The molecular formula is C50H30N4. The van der Waals surface area contributed by atoms with Crippen LogP contribution in [-0.2, 0) is 0 Å². The van der Waals surface area contributed by atoms with Crippen molar-refractivity contribution in [3.63, 3.8) is 0 Å². The minimum Gasteiger partial charge on any atom is -0.308 e. The molecule has 0 aliphatic heterocycles. The van der Waals surface area contributed by atoms with Crippen LogP contribution in [0.1, 0.15) is 0 Å². The van der Waals surface area contributed by atoms with Crippen molar-refractivity contribution in [2.24, 2.45) is 0 Å². The van der Waals surface area contributed by atoms with E-state index < -0.39 is 0 Å². The van der Waals surface area contributed by atoms with E-state index in [1.54, 1.807) is 0 Å². The van der Waals surface area contributed by atoms with Gasteiger partial charge >= 0.3 is 0 Å². The Bertz CT molecular complexity index is 3360. The van der Waals surface area contributed by atoms with Crippen LogP contribution in [0, 0.1) is 0 Å². The van der Waals surface area contributed by atoms with Gasteiger partial charge in [-0.2, -0.15) is 0 Å². The molecule has 0 saturated carbocycles. The monoisotopic (exact) mass is 686 g/mol. The van der Waals surface area contributed by atoms with Crippen LogP contribution in [0.5, 0.6) is 0 Å². The summed E-state index contributed by atoms with van der Waals surface area (Å²) >= 11 is 0. The molecule has 4 nitrogen and oxygen atoms in total. The van der Waals surface area contributed by atoms with Gasteiger partial charge in [-0.1, -0.05) is 140 Å². The van der Waals surface area contributed by atoms with Gasteiger partial charge in [-0.05, 0) is 64.4 Å². The van der Waals surface area contributed by atoms with Gasteiger partial charge in [0.05, 0.1) is 39.0 Å². The van der Waals surface area contributed by atoms with Crippen molar-refractivity contribution in [3.05, 3.63) is 182 Å². The zero-order valence-electron chi connectivity index (χ0n) is 29.1. The summed E-state index contributed by atoms with van der Waals surface area (Å²) in [6, 6.07) is 65.3. The molecule has 250 valence electrons. The SMILES string of the molecule is c1ccc(-c2cc(-c3ccccc3)nc(-n3c4ccccc4c4cc(-c5ccc6c(c5)c5ccc7cccc8c9ccccc9n6c5c78)ccc43)n2)cc1. The number of pyridine rings is 1. The number of benzene rings is 8. The molecular weight excluding hydrogens is 657 g/mol. The molecule has 12 aromatic rings. The van der Waals surface area contributed by atoms with E-state index >= 15 is 0 Å². The van der Waals surface area contributed by atoms with E-state index in [1.807, 2.05) is 12.1 Å². The molecule has 4 heteroatoms. The topological polar surface area (TPSA) is 35.1 Å². The summed E-state index contributed by atoms with van der Waals surface area (Å²) in [7, 11) is 0. The van der Waals surface area contributed by atoms with Crippen LogP contribution >= 0.6 is 0 Å². The van der Waals surface area contributed by atoms with Gasteiger partial charge in [0.1, 0.15) is 0 Å². The Labute approximate surface area is 310 Å². The smallest absolute Gasteiger partial charge is 0.235 e. The van der Waals surface area contributed by atoms with Gasteiger partial charge in [-0.25, -0.2) is 9.97 Å².